The maximum Gasteiger partial charge on any atom is 0.137 e. The summed E-state index contributed by atoms with van der Waals surface area (Å²) >= 11 is 0. The minimum Gasteiger partial charge on any atom is -0.490 e. The van der Waals surface area contributed by atoms with Crippen molar-refractivity contribution in [3.63, 3.8) is 0 Å². The lowest BCUT2D eigenvalue weighted by atomic mass is 9.93. The monoisotopic (exact) mass is 324 g/mol. The normalized spacial score (nSPS) is 14.0. The van der Waals surface area contributed by atoms with E-state index in [9.17, 15) is 0 Å². The van der Waals surface area contributed by atoms with Gasteiger partial charge in [0.1, 0.15) is 18.2 Å². The van der Waals surface area contributed by atoms with Gasteiger partial charge in [-0.3, -0.25) is 9.55 Å². The molecule has 0 aliphatic rings. The number of hydrogen-bond acceptors (Lipinski definition) is 4. The van der Waals surface area contributed by atoms with Gasteiger partial charge in [-0.2, -0.15) is 0 Å². The van der Waals surface area contributed by atoms with Crippen molar-refractivity contribution >= 4 is 11.0 Å². The van der Waals surface area contributed by atoms with Crippen molar-refractivity contribution in [2.75, 3.05) is 6.61 Å². The number of ether oxygens (including phenoxy) is 1. The third-order valence-electron chi connectivity index (χ3n) is 3.87. The molecule has 3 heterocycles. The van der Waals surface area contributed by atoms with Crippen LogP contribution >= 0.6 is 0 Å². The zero-order valence-corrected chi connectivity index (χ0v) is 14.4. The summed E-state index contributed by atoms with van der Waals surface area (Å²) in [6.45, 7) is 6.83. The van der Waals surface area contributed by atoms with Gasteiger partial charge in [0.15, 0.2) is 0 Å². The van der Waals surface area contributed by atoms with E-state index < -0.39 is 0 Å². The van der Waals surface area contributed by atoms with Crippen LogP contribution in [-0.2, 0) is 0 Å². The molecule has 0 fully saturated rings. The molecule has 5 nitrogen and oxygen atoms in total. The van der Waals surface area contributed by atoms with Crippen LogP contribution in [0, 0.1) is 5.92 Å². The molecule has 0 spiro atoms. The van der Waals surface area contributed by atoms with Crippen LogP contribution in [0.3, 0.4) is 0 Å². The van der Waals surface area contributed by atoms with Gasteiger partial charge in [0.2, 0.25) is 0 Å². The summed E-state index contributed by atoms with van der Waals surface area (Å²) < 4.78 is 7.83. The Morgan fingerprint density at radius 2 is 2.04 bits per heavy atom. The maximum absolute atomic E-state index is 6.28. The third kappa shape index (κ3) is 3.74. The van der Waals surface area contributed by atoms with Gasteiger partial charge in [-0.1, -0.05) is 13.8 Å². The maximum atomic E-state index is 6.28. The molecule has 0 aromatic carbocycles. The highest BCUT2D eigenvalue weighted by molar-refractivity contribution is 5.77. The number of nitrogens with zero attached hydrogens (tertiary/aromatic N) is 3. The van der Waals surface area contributed by atoms with Crippen LogP contribution < -0.4 is 10.5 Å². The SMILES string of the molecule is CC(C)C[C@](C)(N)COc1ccc(-n2ccc3ncccc32)nc1. The van der Waals surface area contributed by atoms with E-state index in [4.69, 9.17) is 10.5 Å². The Hall–Kier alpha value is -2.40. The number of rotatable bonds is 6. The highest BCUT2D eigenvalue weighted by Gasteiger charge is 2.21. The third-order valence-corrected chi connectivity index (χ3v) is 3.87. The van der Waals surface area contributed by atoms with Gasteiger partial charge < -0.3 is 10.5 Å². The molecule has 5 heteroatoms. The first-order valence-electron chi connectivity index (χ1n) is 8.25. The van der Waals surface area contributed by atoms with E-state index in [-0.39, 0.29) is 5.54 Å². The lowest BCUT2D eigenvalue weighted by molar-refractivity contribution is 0.206. The van der Waals surface area contributed by atoms with Gasteiger partial charge in [0.25, 0.3) is 0 Å². The van der Waals surface area contributed by atoms with Gasteiger partial charge in [-0.25, -0.2) is 4.98 Å². The van der Waals surface area contributed by atoms with Crippen molar-refractivity contribution < 1.29 is 4.74 Å². The van der Waals surface area contributed by atoms with Crippen molar-refractivity contribution in [2.24, 2.45) is 11.7 Å². The van der Waals surface area contributed by atoms with E-state index in [1.165, 1.54) is 0 Å². The van der Waals surface area contributed by atoms with E-state index in [0.29, 0.717) is 12.5 Å². The molecule has 2 N–H and O–H groups in total. The molecule has 0 amide bonds. The predicted molar refractivity (Wildman–Crippen MR) is 96.4 cm³/mol. The molecule has 3 aromatic heterocycles. The Balaban J connectivity index is 1.72. The summed E-state index contributed by atoms with van der Waals surface area (Å²) in [4.78, 5) is 8.84. The predicted octanol–water partition coefficient (Wildman–Crippen LogP) is 3.56. The van der Waals surface area contributed by atoms with Gasteiger partial charge in [0, 0.05) is 17.9 Å². The molecule has 0 unspecified atom stereocenters. The van der Waals surface area contributed by atoms with E-state index in [1.54, 1.807) is 12.4 Å². The number of fused-ring (bicyclic) bond motifs is 1. The minimum atomic E-state index is -0.338. The van der Waals surface area contributed by atoms with E-state index in [2.05, 4.69) is 23.8 Å². The summed E-state index contributed by atoms with van der Waals surface area (Å²) in [6.07, 6.45) is 6.42. The number of aromatic nitrogens is 3. The second-order valence-electron chi connectivity index (χ2n) is 6.99. The molecule has 0 saturated heterocycles. The largest absolute Gasteiger partial charge is 0.490 e. The summed E-state index contributed by atoms with van der Waals surface area (Å²) in [5, 5.41) is 0. The summed E-state index contributed by atoms with van der Waals surface area (Å²) in [5.41, 5.74) is 7.92. The molecule has 1 atom stereocenters. The van der Waals surface area contributed by atoms with Gasteiger partial charge in [0.05, 0.1) is 17.2 Å². The van der Waals surface area contributed by atoms with Crippen molar-refractivity contribution in [1.29, 1.82) is 0 Å². The van der Waals surface area contributed by atoms with Gasteiger partial charge in [-0.15, -0.1) is 0 Å². The van der Waals surface area contributed by atoms with Crippen LogP contribution in [0.4, 0.5) is 0 Å². The zero-order valence-electron chi connectivity index (χ0n) is 14.4. The quantitative estimate of drug-likeness (QED) is 0.753. The number of nitrogens with two attached hydrogens (primary N) is 1. The Morgan fingerprint density at radius 1 is 1.21 bits per heavy atom. The first-order chi connectivity index (χ1) is 11.4. The molecular formula is C19H24N4O. The molecule has 0 aliphatic carbocycles. The molecule has 3 rings (SSSR count). The average molecular weight is 324 g/mol. The molecule has 126 valence electrons. The Kier molecular flexibility index (Phi) is 4.53. The fourth-order valence-corrected chi connectivity index (χ4v) is 3.01. The zero-order chi connectivity index (χ0) is 17.2. The first-order valence-corrected chi connectivity index (χ1v) is 8.25. The Labute approximate surface area is 142 Å². The topological polar surface area (TPSA) is 66.0 Å². The fraction of sp³-hybridized carbons (Fsp3) is 0.368. The summed E-state index contributed by atoms with van der Waals surface area (Å²) in [5.74, 6) is 2.11. The molecule has 0 aliphatic heterocycles. The van der Waals surface area contributed by atoms with Crippen LogP contribution in [0.15, 0.2) is 48.9 Å². The second kappa shape index (κ2) is 6.61. The highest BCUT2D eigenvalue weighted by Crippen LogP contribution is 2.20. The van der Waals surface area contributed by atoms with Crippen LogP contribution in [-0.4, -0.2) is 26.7 Å². The Bertz CT molecular complexity index is 806. The molecule has 0 bridgehead atoms. The number of pyridine rings is 2. The molecule has 0 saturated carbocycles. The standard InChI is InChI=1S/C19H24N4O/c1-14(2)11-19(3,20)13-24-15-6-7-18(22-12-15)23-10-8-16-17(23)5-4-9-21-16/h4-10,12,14H,11,13,20H2,1-3H3/t19-/m0/s1. The molecule has 0 radical (unpaired) electrons. The van der Waals surface area contributed by atoms with Crippen molar-refractivity contribution in [3.05, 3.63) is 48.9 Å². The molecule has 24 heavy (non-hydrogen) atoms. The van der Waals surface area contributed by atoms with Crippen molar-refractivity contribution in [3.8, 4) is 11.6 Å². The second-order valence-corrected chi connectivity index (χ2v) is 6.99. The van der Waals surface area contributed by atoms with E-state index in [1.807, 2.05) is 48.0 Å². The van der Waals surface area contributed by atoms with E-state index >= 15 is 0 Å². The lowest BCUT2D eigenvalue weighted by Crippen LogP contribution is -2.43. The van der Waals surface area contributed by atoms with Gasteiger partial charge in [-0.05, 0) is 49.6 Å². The van der Waals surface area contributed by atoms with Crippen molar-refractivity contribution in [2.45, 2.75) is 32.7 Å². The average Bonchev–Trinajstić information content (AvgIpc) is 2.96. The van der Waals surface area contributed by atoms with Crippen LogP contribution in [0.1, 0.15) is 27.2 Å². The van der Waals surface area contributed by atoms with Crippen LogP contribution in [0.25, 0.3) is 16.9 Å². The smallest absolute Gasteiger partial charge is 0.137 e. The van der Waals surface area contributed by atoms with E-state index in [0.717, 1.165) is 29.0 Å². The van der Waals surface area contributed by atoms with Gasteiger partial charge >= 0.3 is 0 Å². The van der Waals surface area contributed by atoms with Crippen molar-refractivity contribution in [1.82, 2.24) is 14.5 Å². The van der Waals surface area contributed by atoms with Crippen LogP contribution in [0.2, 0.25) is 0 Å². The summed E-state index contributed by atoms with van der Waals surface area (Å²) in [6, 6.07) is 9.80. The minimum absolute atomic E-state index is 0.338. The highest BCUT2D eigenvalue weighted by atomic mass is 16.5. The molecule has 3 aromatic rings. The summed E-state index contributed by atoms with van der Waals surface area (Å²) in [7, 11) is 0. The molecular weight excluding hydrogens is 300 g/mol. The Morgan fingerprint density at radius 3 is 2.75 bits per heavy atom. The van der Waals surface area contributed by atoms with Crippen LogP contribution in [0.5, 0.6) is 5.75 Å². The fourth-order valence-electron chi connectivity index (χ4n) is 3.01. The lowest BCUT2D eigenvalue weighted by Gasteiger charge is -2.26. The number of hydrogen-bond donors (Lipinski definition) is 1. The first kappa shape index (κ1) is 16.5.